The minimum Gasteiger partial charge on any atom is -0.465 e. The topological polar surface area (TPSA) is 86.5 Å². The molecular weight excluding hydrogens is 338 g/mol. The van der Waals surface area contributed by atoms with E-state index in [1.54, 1.807) is 37.3 Å². The highest BCUT2D eigenvalue weighted by Gasteiger charge is 2.75. The van der Waals surface area contributed by atoms with Gasteiger partial charge in [-0.1, -0.05) is 48.5 Å². The molecule has 6 heteroatoms. The average molecular weight is 359 g/mol. The lowest BCUT2D eigenvalue weighted by Gasteiger charge is -2.14. The van der Waals surface area contributed by atoms with Gasteiger partial charge in [0.25, 0.3) is 0 Å². The second-order valence-electron chi connectivity index (χ2n) is 6.13. The Balaban J connectivity index is 2.11. The zero-order valence-electron chi connectivity index (χ0n) is 14.0. The van der Waals surface area contributed by atoms with Gasteiger partial charge < -0.3 is 10.5 Å². The van der Waals surface area contributed by atoms with Gasteiger partial charge in [-0.3, -0.25) is 4.79 Å². The number of ether oxygens (including phenoxy) is 1. The highest BCUT2D eigenvalue weighted by Crippen LogP contribution is 2.64. The van der Waals surface area contributed by atoms with E-state index in [1.807, 2.05) is 30.3 Å². The van der Waals surface area contributed by atoms with Gasteiger partial charge in [0, 0.05) is 12.5 Å². The van der Waals surface area contributed by atoms with Crippen LogP contribution in [0, 0.1) is 5.41 Å². The third-order valence-electron chi connectivity index (χ3n) is 4.81. The van der Waals surface area contributed by atoms with E-state index in [9.17, 15) is 13.2 Å². The third kappa shape index (κ3) is 2.75. The Morgan fingerprint density at radius 3 is 2.16 bits per heavy atom. The van der Waals surface area contributed by atoms with Gasteiger partial charge in [0.2, 0.25) is 0 Å². The van der Waals surface area contributed by atoms with Crippen LogP contribution in [0.5, 0.6) is 0 Å². The molecule has 0 aromatic heterocycles. The maximum atomic E-state index is 13.2. The molecule has 3 unspecified atom stereocenters. The molecule has 1 aliphatic carbocycles. The predicted octanol–water partition coefficient (Wildman–Crippen LogP) is 2.13. The number of hydrogen-bond acceptors (Lipinski definition) is 5. The van der Waals surface area contributed by atoms with E-state index >= 15 is 0 Å². The van der Waals surface area contributed by atoms with Gasteiger partial charge in [-0.25, -0.2) is 8.42 Å². The molecule has 0 amide bonds. The van der Waals surface area contributed by atoms with Gasteiger partial charge in [-0.05, 0) is 24.6 Å². The van der Waals surface area contributed by atoms with Crippen molar-refractivity contribution in [3.8, 4) is 0 Å². The van der Waals surface area contributed by atoms with Crippen molar-refractivity contribution in [2.75, 3.05) is 13.2 Å². The molecule has 0 bridgehead atoms. The molecule has 2 N–H and O–H groups in total. The summed E-state index contributed by atoms with van der Waals surface area (Å²) in [7, 11) is -3.73. The van der Waals surface area contributed by atoms with Gasteiger partial charge >= 0.3 is 5.97 Å². The SMILES string of the molecule is CCOC(=O)C1(CN)C(c2ccccc2)C1S(=O)(=O)c1ccccc1. The minimum atomic E-state index is -3.73. The Morgan fingerprint density at radius 1 is 1.08 bits per heavy atom. The van der Waals surface area contributed by atoms with Crippen LogP contribution in [-0.2, 0) is 19.4 Å². The monoisotopic (exact) mass is 359 g/mol. The zero-order chi connectivity index (χ0) is 18.1. The van der Waals surface area contributed by atoms with Crippen LogP contribution < -0.4 is 5.73 Å². The second-order valence-corrected chi connectivity index (χ2v) is 8.20. The molecule has 1 fully saturated rings. The van der Waals surface area contributed by atoms with Crippen LogP contribution in [0.3, 0.4) is 0 Å². The highest BCUT2D eigenvalue weighted by atomic mass is 32.2. The van der Waals surface area contributed by atoms with Gasteiger partial charge in [0.15, 0.2) is 9.84 Å². The quantitative estimate of drug-likeness (QED) is 0.799. The summed E-state index contributed by atoms with van der Waals surface area (Å²) in [6.07, 6.45) is 0. The first kappa shape index (κ1) is 17.6. The fourth-order valence-electron chi connectivity index (χ4n) is 3.59. The first-order valence-electron chi connectivity index (χ1n) is 8.21. The van der Waals surface area contributed by atoms with E-state index in [-0.39, 0.29) is 18.0 Å². The van der Waals surface area contributed by atoms with Crippen molar-refractivity contribution in [2.24, 2.45) is 11.1 Å². The normalized spacial score (nSPS) is 25.4. The Bertz CT molecular complexity index is 852. The maximum Gasteiger partial charge on any atom is 0.315 e. The van der Waals surface area contributed by atoms with Crippen LogP contribution in [0.2, 0.25) is 0 Å². The molecule has 0 spiro atoms. The average Bonchev–Trinajstić information content (AvgIpc) is 3.35. The van der Waals surface area contributed by atoms with Gasteiger partial charge in [0.1, 0.15) is 5.41 Å². The van der Waals surface area contributed by atoms with Crippen LogP contribution in [0.15, 0.2) is 65.6 Å². The summed E-state index contributed by atoms with van der Waals surface area (Å²) in [5.41, 5.74) is 5.47. The van der Waals surface area contributed by atoms with Gasteiger partial charge in [-0.2, -0.15) is 0 Å². The van der Waals surface area contributed by atoms with E-state index < -0.39 is 32.4 Å². The van der Waals surface area contributed by atoms with Crippen LogP contribution in [0.1, 0.15) is 18.4 Å². The van der Waals surface area contributed by atoms with Crippen molar-refractivity contribution in [1.82, 2.24) is 0 Å². The van der Waals surface area contributed by atoms with Crippen molar-refractivity contribution in [3.63, 3.8) is 0 Å². The van der Waals surface area contributed by atoms with Crippen LogP contribution in [-0.4, -0.2) is 32.8 Å². The Kier molecular flexibility index (Phi) is 4.67. The van der Waals surface area contributed by atoms with Crippen molar-refractivity contribution in [2.45, 2.75) is 23.0 Å². The summed E-state index contributed by atoms with van der Waals surface area (Å²) >= 11 is 0. The van der Waals surface area contributed by atoms with E-state index in [0.29, 0.717) is 0 Å². The summed E-state index contributed by atoms with van der Waals surface area (Å²) in [4.78, 5) is 12.9. The first-order chi connectivity index (χ1) is 12.0. The molecule has 2 aromatic carbocycles. The lowest BCUT2D eigenvalue weighted by molar-refractivity contribution is -0.149. The summed E-state index contributed by atoms with van der Waals surface area (Å²) in [6.45, 7) is 1.80. The lowest BCUT2D eigenvalue weighted by Crippen LogP contribution is -2.33. The molecule has 1 aliphatic rings. The minimum absolute atomic E-state index is 0.0812. The number of carbonyl (C=O) groups excluding carboxylic acids is 1. The molecule has 0 radical (unpaired) electrons. The number of benzene rings is 2. The van der Waals surface area contributed by atoms with E-state index in [4.69, 9.17) is 10.5 Å². The number of sulfone groups is 1. The zero-order valence-corrected chi connectivity index (χ0v) is 14.8. The molecule has 0 aliphatic heterocycles. The third-order valence-corrected chi connectivity index (χ3v) is 7.10. The molecule has 3 atom stereocenters. The molecule has 5 nitrogen and oxygen atoms in total. The molecular formula is C19H21NO4S. The first-order valence-corrected chi connectivity index (χ1v) is 9.76. The van der Waals surface area contributed by atoms with Crippen LogP contribution >= 0.6 is 0 Å². The van der Waals surface area contributed by atoms with Crippen LogP contribution in [0.25, 0.3) is 0 Å². The number of rotatable bonds is 6. The highest BCUT2D eigenvalue weighted by molar-refractivity contribution is 7.92. The maximum absolute atomic E-state index is 13.2. The van der Waals surface area contributed by atoms with E-state index in [0.717, 1.165) is 5.56 Å². The summed E-state index contributed by atoms with van der Waals surface area (Å²) in [6, 6.07) is 17.3. The van der Waals surface area contributed by atoms with Crippen molar-refractivity contribution in [3.05, 3.63) is 66.2 Å². The van der Waals surface area contributed by atoms with Crippen LogP contribution in [0.4, 0.5) is 0 Å². The number of hydrogen-bond donors (Lipinski definition) is 1. The molecule has 2 aromatic rings. The summed E-state index contributed by atoms with van der Waals surface area (Å²) < 4.78 is 31.6. The Hall–Kier alpha value is -2.18. The molecule has 1 saturated carbocycles. The largest absolute Gasteiger partial charge is 0.465 e. The van der Waals surface area contributed by atoms with Gasteiger partial charge in [-0.15, -0.1) is 0 Å². The lowest BCUT2D eigenvalue weighted by atomic mass is 9.99. The smallest absolute Gasteiger partial charge is 0.315 e. The fourth-order valence-corrected chi connectivity index (χ4v) is 5.99. The van der Waals surface area contributed by atoms with Crippen molar-refractivity contribution >= 4 is 15.8 Å². The molecule has 132 valence electrons. The number of esters is 1. The molecule has 0 saturated heterocycles. The standard InChI is InChI=1S/C19H21NO4S/c1-2-24-18(21)19(13-20)16(14-9-5-3-6-10-14)17(19)25(22,23)15-11-7-4-8-12-15/h3-12,16-17H,2,13,20H2,1H3. The molecule has 0 heterocycles. The summed E-state index contributed by atoms with van der Waals surface area (Å²) in [5, 5.41) is -0.922. The Labute approximate surface area is 147 Å². The molecule has 3 rings (SSSR count). The van der Waals surface area contributed by atoms with Crippen molar-refractivity contribution in [1.29, 1.82) is 0 Å². The van der Waals surface area contributed by atoms with E-state index in [2.05, 4.69) is 0 Å². The molecule has 25 heavy (non-hydrogen) atoms. The fraction of sp³-hybridized carbons (Fsp3) is 0.316. The Morgan fingerprint density at radius 2 is 1.64 bits per heavy atom. The van der Waals surface area contributed by atoms with Gasteiger partial charge in [0.05, 0.1) is 16.8 Å². The number of nitrogens with two attached hydrogens (primary N) is 1. The predicted molar refractivity (Wildman–Crippen MR) is 94.7 cm³/mol. The van der Waals surface area contributed by atoms with E-state index in [1.165, 1.54) is 0 Å². The second kappa shape index (κ2) is 6.61. The van der Waals surface area contributed by atoms with Crippen molar-refractivity contribution < 1.29 is 17.9 Å². The number of carbonyl (C=O) groups is 1. The summed E-state index contributed by atoms with van der Waals surface area (Å²) in [5.74, 6) is -1.06.